The van der Waals surface area contributed by atoms with Crippen LogP contribution in [0.2, 0.25) is 0 Å². The van der Waals surface area contributed by atoms with Crippen molar-refractivity contribution in [2.45, 2.75) is 38.5 Å². The summed E-state index contributed by atoms with van der Waals surface area (Å²) in [5.74, 6) is 0.711. The van der Waals surface area contributed by atoms with Crippen LogP contribution in [-0.2, 0) is 12.0 Å². The number of ether oxygens (including phenoxy) is 1. The van der Waals surface area contributed by atoms with E-state index in [9.17, 15) is 10.1 Å². The van der Waals surface area contributed by atoms with Gasteiger partial charge in [0, 0.05) is 23.4 Å². The third-order valence-electron chi connectivity index (χ3n) is 8.22. The molecule has 1 unspecified atom stereocenters. The lowest BCUT2D eigenvalue weighted by Crippen LogP contribution is -2.59. The Hall–Kier alpha value is -4.64. The number of nitro groups is 1. The lowest BCUT2D eigenvalue weighted by molar-refractivity contribution is -0.385. The molecule has 0 bridgehead atoms. The third-order valence-corrected chi connectivity index (χ3v) is 8.22. The summed E-state index contributed by atoms with van der Waals surface area (Å²) in [5.41, 5.74) is 6.90. The van der Waals surface area contributed by atoms with Crippen LogP contribution in [0.4, 0.5) is 11.4 Å². The maximum atomic E-state index is 11.3. The number of non-ortho nitro benzene ring substituents is 1. The van der Waals surface area contributed by atoms with Crippen molar-refractivity contribution < 1.29 is 9.66 Å². The maximum Gasteiger partial charge on any atom is 0.270 e. The summed E-state index contributed by atoms with van der Waals surface area (Å²) in [5, 5.41) is 11.3. The molecule has 0 aliphatic carbocycles. The molecule has 0 saturated heterocycles. The molecule has 2 aliphatic rings. The van der Waals surface area contributed by atoms with E-state index in [1.807, 2.05) is 18.2 Å². The third kappa shape index (κ3) is 4.30. The summed E-state index contributed by atoms with van der Waals surface area (Å²) in [6.45, 7) is 7.08. The number of fused-ring (bicyclic) bond motifs is 4. The molecule has 1 atom stereocenters. The summed E-state index contributed by atoms with van der Waals surface area (Å²) >= 11 is 0. The normalized spacial score (nSPS) is 19.0. The number of hydrogen-bond donors (Lipinski definition) is 0. The molecule has 0 N–H and O–H groups in total. The van der Waals surface area contributed by atoms with E-state index in [0.29, 0.717) is 12.3 Å². The highest BCUT2D eigenvalue weighted by atomic mass is 16.6. The minimum Gasteiger partial charge on any atom is -0.467 e. The Kier molecular flexibility index (Phi) is 5.87. The van der Waals surface area contributed by atoms with E-state index in [0.717, 1.165) is 27.9 Å². The molecule has 0 saturated carbocycles. The van der Waals surface area contributed by atoms with Gasteiger partial charge in [0.2, 0.25) is 0 Å². The van der Waals surface area contributed by atoms with Crippen LogP contribution in [-0.4, -0.2) is 10.6 Å². The molecule has 5 heteroatoms. The van der Waals surface area contributed by atoms with Crippen molar-refractivity contribution in [1.82, 2.24) is 0 Å². The van der Waals surface area contributed by atoms with Crippen LogP contribution in [0.3, 0.4) is 0 Å². The minimum atomic E-state index is -0.607. The Morgan fingerprint density at radius 3 is 2.00 bits per heavy atom. The standard InChI is InChI=1S/C34H30N2O3/c1-33(2)30-21-27(16-15-26-13-11-25(12-14-26)10-9-24-7-5-4-6-8-24)17-19-31(30)35-23-28-22-29(36(37)38)18-20-32(28)39-34(33,35)3/h4-22H,23H2,1-3H3. The molecule has 39 heavy (non-hydrogen) atoms. The molecule has 0 fully saturated rings. The van der Waals surface area contributed by atoms with Gasteiger partial charge in [-0.2, -0.15) is 0 Å². The highest BCUT2D eigenvalue weighted by Crippen LogP contribution is 2.55. The van der Waals surface area contributed by atoms with Gasteiger partial charge in [-0.1, -0.05) is 85.0 Å². The number of rotatable bonds is 5. The fourth-order valence-corrected chi connectivity index (χ4v) is 5.58. The van der Waals surface area contributed by atoms with E-state index >= 15 is 0 Å². The van der Waals surface area contributed by atoms with Crippen molar-refractivity contribution in [1.29, 1.82) is 0 Å². The van der Waals surface area contributed by atoms with Gasteiger partial charge in [0.1, 0.15) is 5.75 Å². The highest BCUT2D eigenvalue weighted by Gasteiger charge is 2.58. The fraction of sp³-hybridized carbons (Fsp3) is 0.176. The van der Waals surface area contributed by atoms with Crippen LogP contribution in [0.5, 0.6) is 5.75 Å². The molecule has 5 nitrogen and oxygen atoms in total. The van der Waals surface area contributed by atoms with Crippen LogP contribution in [0.15, 0.2) is 91.0 Å². The summed E-state index contributed by atoms with van der Waals surface area (Å²) in [4.78, 5) is 13.2. The largest absolute Gasteiger partial charge is 0.467 e. The molecule has 0 radical (unpaired) electrons. The summed E-state index contributed by atoms with van der Waals surface area (Å²) in [7, 11) is 0. The van der Waals surface area contributed by atoms with E-state index in [1.165, 1.54) is 17.2 Å². The molecule has 0 spiro atoms. The van der Waals surface area contributed by atoms with Crippen molar-refractivity contribution in [3.05, 3.63) is 134 Å². The first-order valence-electron chi connectivity index (χ1n) is 13.1. The number of anilines is 1. The number of benzene rings is 4. The Morgan fingerprint density at radius 1 is 0.769 bits per heavy atom. The van der Waals surface area contributed by atoms with Crippen LogP contribution in [0.25, 0.3) is 24.3 Å². The molecule has 2 heterocycles. The van der Waals surface area contributed by atoms with E-state index in [2.05, 4.69) is 105 Å². The second kappa shape index (κ2) is 9.28. The van der Waals surface area contributed by atoms with Crippen molar-refractivity contribution in [2.75, 3.05) is 4.90 Å². The fourth-order valence-electron chi connectivity index (χ4n) is 5.58. The van der Waals surface area contributed by atoms with Gasteiger partial charge in [-0.3, -0.25) is 10.1 Å². The topological polar surface area (TPSA) is 55.6 Å². The van der Waals surface area contributed by atoms with E-state index in [1.54, 1.807) is 12.1 Å². The van der Waals surface area contributed by atoms with E-state index < -0.39 is 5.72 Å². The lowest BCUT2D eigenvalue weighted by Gasteiger charge is -2.48. The van der Waals surface area contributed by atoms with Gasteiger partial charge >= 0.3 is 0 Å². The van der Waals surface area contributed by atoms with E-state index in [4.69, 9.17) is 4.74 Å². The molecule has 0 aromatic heterocycles. The zero-order chi connectivity index (χ0) is 27.2. The van der Waals surface area contributed by atoms with Crippen molar-refractivity contribution in [2.24, 2.45) is 0 Å². The first-order valence-corrected chi connectivity index (χ1v) is 13.1. The quantitative estimate of drug-likeness (QED) is 0.153. The molecule has 2 aliphatic heterocycles. The monoisotopic (exact) mass is 514 g/mol. The SMILES string of the molecule is CC1(C)c2cc(C=Cc3ccc(C=Cc4ccccc4)cc3)ccc2N2Cc3cc([N+](=O)[O-])ccc3OC21C. The van der Waals surface area contributed by atoms with Crippen LogP contribution < -0.4 is 9.64 Å². The molecule has 4 aromatic carbocycles. The van der Waals surface area contributed by atoms with Gasteiger partial charge in [-0.25, -0.2) is 0 Å². The zero-order valence-electron chi connectivity index (χ0n) is 22.3. The Bertz CT molecular complexity index is 1620. The second-order valence-corrected chi connectivity index (χ2v) is 10.9. The predicted molar refractivity (Wildman–Crippen MR) is 159 cm³/mol. The van der Waals surface area contributed by atoms with Gasteiger partial charge in [-0.15, -0.1) is 0 Å². The van der Waals surface area contributed by atoms with Crippen LogP contribution in [0.1, 0.15) is 54.2 Å². The second-order valence-electron chi connectivity index (χ2n) is 10.9. The predicted octanol–water partition coefficient (Wildman–Crippen LogP) is 8.34. The Balaban J connectivity index is 1.24. The van der Waals surface area contributed by atoms with Gasteiger partial charge < -0.3 is 9.64 Å². The molecule has 0 amide bonds. The minimum absolute atomic E-state index is 0.0837. The van der Waals surface area contributed by atoms with Crippen molar-refractivity contribution in [3.8, 4) is 5.75 Å². The first-order chi connectivity index (χ1) is 18.7. The lowest BCUT2D eigenvalue weighted by atomic mass is 9.77. The smallest absolute Gasteiger partial charge is 0.270 e. The van der Waals surface area contributed by atoms with Crippen LogP contribution >= 0.6 is 0 Å². The average molecular weight is 515 g/mol. The zero-order valence-corrected chi connectivity index (χ0v) is 22.3. The maximum absolute atomic E-state index is 11.3. The summed E-state index contributed by atoms with van der Waals surface area (Å²) < 4.78 is 6.58. The summed E-state index contributed by atoms with van der Waals surface area (Å²) in [6.07, 6.45) is 8.52. The number of nitrogens with zero attached hydrogens (tertiary/aromatic N) is 2. The van der Waals surface area contributed by atoms with Gasteiger partial charge in [0.15, 0.2) is 5.72 Å². The van der Waals surface area contributed by atoms with Gasteiger partial charge in [0.25, 0.3) is 5.69 Å². The molecule has 4 aromatic rings. The Labute approximate surface area is 228 Å². The van der Waals surface area contributed by atoms with E-state index in [-0.39, 0.29) is 16.0 Å². The van der Waals surface area contributed by atoms with Crippen molar-refractivity contribution >= 4 is 35.7 Å². The first kappa shape index (κ1) is 24.7. The number of hydrogen-bond acceptors (Lipinski definition) is 4. The molecular weight excluding hydrogens is 484 g/mol. The highest BCUT2D eigenvalue weighted by molar-refractivity contribution is 5.76. The molecule has 6 rings (SSSR count). The number of nitro benzene ring substituents is 1. The van der Waals surface area contributed by atoms with Gasteiger partial charge in [0.05, 0.1) is 16.9 Å². The van der Waals surface area contributed by atoms with Gasteiger partial charge in [-0.05, 0) is 66.8 Å². The average Bonchev–Trinajstić information content (AvgIpc) is 3.11. The molecule has 194 valence electrons. The van der Waals surface area contributed by atoms with Crippen molar-refractivity contribution in [3.63, 3.8) is 0 Å². The molecular formula is C34H30N2O3. The summed E-state index contributed by atoms with van der Waals surface area (Å²) in [6, 6.07) is 30.2. The van der Waals surface area contributed by atoms with Crippen LogP contribution in [0, 0.1) is 10.1 Å². The Morgan fingerprint density at radius 2 is 1.36 bits per heavy atom.